The van der Waals surface area contributed by atoms with Crippen molar-refractivity contribution < 1.29 is 4.39 Å². The molecule has 1 aromatic carbocycles. The first-order chi connectivity index (χ1) is 10.1. The largest absolute Gasteiger partial charge is 0.398 e. The molecule has 0 spiro atoms. The van der Waals surface area contributed by atoms with Crippen molar-refractivity contribution in [3.8, 4) is 0 Å². The summed E-state index contributed by atoms with van der Waals surface area (Å²) in [5, 5.41) is 6.04. The Morgan fingerprint density at radius 1 is 1.38 bits per heavy atom. The Labute approximate surface area is 126 Å². The molecule has 0 saturated heterocycles. The summed E-state index contributed by atoms with van der Waals surface area (Å²) in [5.74, 6) is -0.364. The maximum absolute atomic E-state index is 14.2. The minimum absolute atomic E-state index is 0.104. The molecular weight excluding hydrogens is 285 g/mol. The Hall–Kier alpha value is -2.14. The van der Waals surface area contributed by atoms with Gasteiger partial charge in [-0.25, -0.2) is 4.39 Å². The fraction of sp³-hybridized carbons (Fsp3) is 0.188. The molecule has 1 unspecified atom stereocenters. The molecule has 0 radical (unpaired) electrons. The van der Waals surface area contributed by atoms with Gasteiger partial charge in [0.1, 0.15) is 0 Å². The number of rotatable bonds is 4. The van der Waals surface area contributed by atoms with E-state index in [1.54, 1.807) is 23.6 Å². The summed E-state index contributed by atoms with van der Waals surface area (Å²) in [6.45, 7) is 2.03. The minimum Gasteiger partial charge on any atom is -0.398 e. The van der Waals surface area contributed by atoms with Gasteiger partial charge in [0.2, 0.25) is 0 Å². The van der Waals surface area contributed by atoms with Gasteiger partial charge in [-0.1, -0.05) is 6.07 Å². The number of aromatic nitrogens is 1. The van der Waals surface area contributed by atoms with Crippen LogP contribution in [0.25, 0.3) is 10.9 Å². The number of pyridine rings is 1. The van der Waals surface area contributed by atoms with Gasteiger partial charge in [0.15, 0.2) is 5.82 Å². The molecule has 1 atom stereocenters. The monoisotopic (exact) mass is 301 g/mol. The molecule has 0 aliphatic heterocycles. The van der Waals surface area contributed by atoms with Crippen molar-refractivity contribution in [3.63, 3.8) is 0 Å². The second-order valence-electron chi connectivity index (χ2n) is 5.05. The number of fused-ring (bicyclic) bond motifs is 1. The molecule has 0 fully saturated rings. The van der Waals surface area contributed by atoms with E-state index in [0.717, 1.165) is 11.8 Å². The highest BCUT2D eigenvalue weighted by molar-refractivity contribution is 7.09. The van der Waals surface area contributed by atoms with E-state index in [2.05, 4.69) is 16.4 Å². The molecule has 3 rings (SSSR count). The second kappa shape index (κ2) is 5.69. The van der Waals surface area contributed by atoms with Gasteiger partial charge < -0.3 is 11.1 Å². The molecule has 108 valence electrons. The topological polar surface area (TPSA) is 50.9 Å². The Morgan fingerprint density at radius 3 is 3.00 bits per heavy atom. The molecule has 0 saturated carbocycles. The summed E-state index contributed by atoms with van der Waals surface area (Å²) in [4.78, 5) is 5.54. The van der Waals surface area contributed by atoms with Gasteiger partial charge >= 0.3 is 0 Å². The average Bonchev–Trinajstić information content (AvgIpc) is 2.96. The van der Waals surface area contributed by atoms with Crippen LogP contribution in [0.4, 0.5) is 15.8 Å². The number of nitrogen functional groups attached to an aromatic ring is 1. The predicted molar refractivity (Wildman–Crippen MR) is 87.2 cm³/mol. The van der Waals surface area contributed by atoms with Gasteiger partial charge in [0.05, 0.1) is 11.2 Å². The molecule has 0 aliphatic rings. The van der Waals surface area contributed by atoms with Crippen molar-refractivity contribution in [3.05, 3.63) is 52.6 Å². The molecule has 3 aromatic rings. The first-order valence-corrected chi connectivity index (χ1v) is 7.64. The summed E-state index contributed by atoms with van der Waals surface area (Å²) in [7, 11) is 0. The Balaban J connectivity index is 1.93. The molecule has 2 heterocycles. The zero-order chi connectivity index (χ0) is 14.8. The fourth-order valence-electron chi connectivity index (χ4n) is 2.40. The van der Waals surface area contributed by atoms with Crippen LogP contribution < -0.4 is 11.1 Å². The van der Waals surface area contributed by atoms with E-state index >= 15 is 0 Å². The van der Waals surface area contributed by atoms with Crippen molar-refractivity contribution in [2.75, 3.05) is 11.1 Å². The lowest BCUT2D eigenvalue weighted by atomic mass is 10.1. The third kappa shape index (κ3) is 2.83. The molecule has 5 heteroatoms. The Kier molecular flexibility index (Phi) is 3.75. The minimum atomic E-state index is -0.364. The normalized spacial score (nSPS) is 12.5. The van der Waals surface area contributed by atoms with E-state index in [0.29, 0.717) is 16.9 Å². The first-order valence-electron chi connectivity index (χ1n) is 6.77. The number of thiophene rings is 1. The highest BCUT2D eigenvalue weighted by Gasteiger charge is 2.14. The lowest BCUT2D eigenvalue weighted by Crippen LogP contribution is -2.19. The fourth-order valence-corrected chi connectivity index (χ4v) is 3.24. The van der Waals surface area contributed by atoms with Gasteiger partial charge in [-0.05, 0) is 36.6 Å². The summed E-state index contributed by atoms with van der Waals surface area (Å²) < 4.78 is 14.2. The zero-order valence-corrected chi connectivity index (χ0v) is 12.5. The van der Waals surface area contributed by atoms with Crippen LogP contribution in [0.15, 0.2) is 41.9 Å². The smallest absolute Gasteiger partial charge is 0.150 e. The number of benzene rings is 1. The number of nitrogens with two attached hydrogens (primary N) is 1. The van der Waals surface area contributed by atoms with E-state index in [1.807, 2.05) is 24.4 Å². The SMILES string of the molecule is CC(Cc1cccs1)Nc1c(F)cc(N)c2cccnc12. The standard InChI is InChI=1S/C16H16FN3S/c1-10(8-11-4-3-7-21-11)20-16-13(17)9-14(18)12-5-2-6-19-15(12)16/h2-7,9-10,20H,8,18H2,1H3. The zero-order valence-electron chi connectivity index (χ0n) is 11.6. The highest BCUT2D eigenvalue weighted by Crippen LogP contribution is 2.30. The molecule has 0 bridgehead atoms. The van der Waals surface area contributed by atoms with E-state index in [-0.39, 0.29) is 11.9 Å². The molecule has 3 N–H and O–H groups in total. The van der Waals surface area contributed by atoms with Crippen molar-refractivity contribution in [2.24, 2.45) is 0 Å². The highest BCUT2D eigenvalue weighted by atomic mass is 32.1. The number of hydrogen-bond donors (Lipinski definition) is 2. The number of hydrogen-bond acceptors (Lipinski definition) is 4. The van der Waals surface area contributed by atoms with Crippen molar-refractivity contribution in [1.82, 2.24) is 4.98 Å². The van der Waals surface area contributed by atoms with E-state index < -0.39 is 0 Å². The van der Waals surface area contributed by atoms with Crippen molar-refractivity contribution >= 4 is 33.6 Å². The lowest BCUT2D eigenvalue weighted by Gasteiger charge is -2.17. The Morgan fingerprint density at radius 2 is 2.24 bits per heavy atom. The molecule has 0 amide bonds. The number of nitrogens with zero attached hydrogens (tertiary/aromatic N) is 1. The van der Waals surface area contributed by atoms with E-state index in [4.69, 9.17) is 5.73 Å². The molecule has 21 heavy (non-hydrogen) atoms. The molecular formula is C16H16FN3S. The summed E-state index contributed by atoms with van der Waals surface area (Å²) in [5.41, 5.74) is 7.27. The van der Waals surface area contributed by atoms with Gasteiger partial charge in [-0.3, -0.25) is 4.98 Å². The number of nitrogens with one attached hydrogen (secondary N) is 1. The van der Waals surface area contributed by atoms with E-state index in [9.17, 15) is 4.39 Å². The van der Waals surface area contributed by atoms with Crippen LogP contribution in [0.3, 0.4) is 0 Å². The predicted octanol–water partition coefficient (Wildman–Crippen LogP) is 4.06. The summed E-state index contributed by atoms with van der Waals surface area (Å²) in [6, 6.07) is 9.21. The van der Waals surface area contributed by atoms with Gasteiger partial charge in [0, 0.05) is 34.6 Å². The summed E-state index contributed by atoms with van der Waals surface area (Å²) in [6.07, 6.45) is 2.49. The third-order valence-electron chi connectivity index (χ3n) is 3.35. The Bertz CT molecular complexity index is 756. The van der Waals surface area contributed by atoms with E-state index in [1.165, 1.54) is 10.9 Å². The summed E-state index contributed by atoms with van der Waals surface area (Å²) >= 11 is 1.70. The first kappa shape index (κ1) is 13.8. The van der Waals surface area contributed by atoms with Crippen molar-refractivity contribution in [2.45, 2.75) is 19.4 Å². The van der Waals surface area contributed by atoms with Crippen LogP contribution in [0, 0.1) is 5.82 Å². The lowest BCUT2D eigenvalue weighted by molar-refractivity contribution is 0.628. The van der Waals surface area contributed by atoms with Gasteiger partial charge in [-0.15, -0.1) is 11.3 Å². The quantitative estimate of drug-likeness (QED) is 0.714. The van der Waals surface area contributed by atoms with Crippen LogP contribution in [-0.4, -0.2) is 11.0 Å². The average molecular weight is 301 g/mol. The van der Waals surface area contributed by atoms with Crippen LogP contribution in [0.5, 0.6) is 0 Å². The number of anilines is 2. The molecule has 3 nitrogen and oxygen atoms in total. The van der Waals surface area contributed by atoms with Gasteiger partial charge in [0.25, 0.3) is 0 Å². The van der Waals surface area contributed by atoms with Crippen LogP contribution in [0.1, 0.15) is 11.8 Å². The van der Waals surface area contributed by atoms with Crippen LogP contribution >= 0.6 is 11.3 Å². The number of halogens is 1. The van der Waals surface area contributed by atoms with Gasteiger partial charge in [-0.2, -0.15) is 0 Å². The van der Waals surface area contributed by atoms with Crippen molar-refractivity contribution in [1.29, 1.82) is 0 Å². The van der Waals surface area contributed by atoms with Crippen LogP contribution in [-0.2, 0) is 6.42 Å². The third-order valence-corrected chi connectivity index (χ3v) is 4.25. The maximum atomic E-state index is 14.2. The van der Waals surface area contributed by atoms with Crippen LogP contribution in [0.2, 0.25) is 0 Å². The molecule has 2 aromatic heterocycles. The second-order valence-corrected chi connectivity index (χ2v) is 6.08. The molecule has 0 aliphatic carbocycles. The maximum Gasteiger partial charge on any atom is 0.150 e.